The van der Waals surface area contributed by atoms with Crippen molar-refractivity contribution in [1.29, 1.82) is 0 Å². The van der Waals surface area contributed by atoms with Gasteiger partial charge in [0, 0.05) is 31.0 Å². The SMILES string of the molecule is Cc1nccn1CCNC(=O)C1CCCCC1(C)N.Cl.Cl. The molecule has 0 spiro atoms. The highest BCUT2D eigenvalue weighted by atomic mass is 35.5. The van der Waals surface area contributed by atoms with Crippen molar-refractivity contribution in [3.05, 3.63) is 18.2 Å². The molecule has 2 rings (SSSR count). The Morgan fingerprint density at radius 3 is 2.81 bits per heavy atom. The first-order valence-corrected chi connectivity index (χ1v) is 7.05. The zero-order chi connectivity index (χ0) is 13.9. The van der Waals surface area contributed by atoms with E-state index in [1.54, 1.807) is 6.20 Å². The first-order chi connectivity index (χ1) is 9.00. The van der Waals surface area contributed by atoms with Crippen molar-refractivity contribution in [2.24, 2.45) is 11.7 Å². The molecule has 1 aromatic rings. The molecule has 5 nitrogen and oxygen atoms in total. The van der Waals surface area contributed by atoms with Crippen LogP contribution in [0.1, 0.15) is 38.4 Å². The average Bonchev–Trinajstić information content (AvgIpc) is 2.74. The third kappa shape index (κ3) is 5.16. The van der Waals surface area contributed by atoms with E-state index in [1.807, 2.05) is 24.6 Å². The monoisotopic (exact) mass is 336 g/mol. The Bertz CT molecular complexity index is 448. The van der Waals surface area contributed by atoms with Crippen LogP contribution in [0.3, 0.4) is 0 Å². The van der Waals surface area contributed by atoms with E-state index in [4.69, 9.17) is 5.73 Å². The maximum absolute atomic E-state index is 12.2. The highest BCUT2D eigenvalue weighted by molar-refractivity contribution is 5.85. The van der Waals surface area contributed by atoms with Gasteiger partial charge in [0.2, 0.25) is 5.91 Å². The van der Waals surface area contributed by atoms with Gasteiger partial charge in [0.05, 0.1) is 5.92 Å². The molecule has 122 valence electrons. The van der Waals surface area contributed by atoms with Crippen molar-refractivity contribution in [2.45, 2.75) is 51.6 Å². The second kappa shape index (κ2) is 8.61. The number of rotatable bonds is 4. The van der Waals surface area contributed by atoms with E-state index < -0.39 is 0 Å². The predicted octanol–water partition coefficient (Wildman–Crippen LogP) is 2.06. The second-order valence-electron chi connectivity index (χ2n) is 5.76. The van der Waals surface area contributed by atoms with Crippen LogP contribution in [0, 0.1) is 12.8 Å². The average molecular weight is 337 g/mol. The van der Waals surface area contributed by atoms with Crippen LogP contribution in [-0.2, 0) is 11.3 Å². The molecule has 3 N–H and O–H groups in total. The third-order valence-corrected chi connectivity index (χ3v) is 4.15. The summed E-state index contributed by atoms with van der Waals surface area (Å²) in [6.07, 6.45) is 7.77. The number of hydrogen-bond donors (Lipinski definition) is 2. The summed E-state index contributed by atoms with van der Waals surface area (Å²) in [5.41, 5.74) is 5.88. The number of carbonyl (C=O) groups is 1. The van der Waals surface area contributed by atoms with Crippen molar-refractivity contribution in [3.8, 4) is 0 Å². The predicted molar refractivity (Wildman–Crippen MR) is 89.0 cm³/mol. The van der Waals surface area contributed by atoms with Crippen LogP contribution >= 0.6 is 24.8 Å². The normalized spacial score (nSPS) is 24.6. The van der Waals surface area contributed by atoms with Crippen molar-refractivity contribution < 1.29 is 4.79 Å². The minimum Gasteiger partial charge on any atom is -0.354 e. The first-order valence-electron chi connectivity index (χ1n) is 7.05. The van der Waals surface area contributed by atoms with Crippen LogP contribution in [0.25, 0.3) is 0 Å². The lowest BCUT2D eigenvalue weighted by atomic mass is 9.74. The lowest BCUT2D eigenvalue weighted by molar-refractivity contribution is -0.128. The van der Waals surface area contributed by atoms with Gasteiger partial charge in [-0.05, 0) is 26.7 Å². The van der Waals surface area contributed by atoms with Crippen molar-refractivity contribution in [3.63, 3.8) is 0 Å². The number of aryl methyl sites for hydroxylation is 1. The lowest BCUT2D eigenvalue weighted by Gasteiger charge is -2.37. The molecule has 0 bridgehead atoms. The molecule has 1 heterocycles. The largest absolute Gasteiger partial charge is 0.354 e. The number of amides is 1. The summed E-state index contributed by atoms with van der Waals surface area (Å²) in [6, 6.07) is 0. The van der Waals surface area contributed by atoms with Gasteiger partial charge in [-0.3, -0.25) is 4.79 Å². The number of imidazole rings is 1. The molecule has 1 saturated carbocycles. The highest BCUT2D eigenvalue weighted by Crippen LogP contribution is 2.31. The Balaban J connectivity index is 0.00000200. The molecule has 0 aliphatic heterocycles. The van der Waals surface area contributed by atoms with Gasteiger partial charge in [-0.15, -0.1) is 24.8 Å². The van der Waals surface area contributed by atoms with Gasteiger partial charge in [-0.2, -0.15) is 0 Å². The zero-order valence-corrected chi connectivity index (χ0v) is 14.3. The lowest BCUT2D eigenvalue weighted by Crippen LogP contribution is -2.53. The Morgan fingerprint density at radius 1 is 1.52 bits per heavy atom. The first kappa shape index (κ1) is 20.2. The summed E-state index contributed by atoms with van der Waals surface area (Å²) in [5.74, 6) is 1.02. The van der Waals surface area contributed by atoms with Crippen molar-refractivity contribution in [1.82, 2.24) is 14.9 Å². The molecule has 0 aromatic carbocycles. The fraction of sp³-hybridized carbons (Fsp3) is 0.714. The molecule has 2 unspecified atom stereocenters. The number of carbonyl (C=O) groups excluding carboxylic acids is 1. The molecule has 1 fully saturated rings. The summed E-state index contributed by atoms with van der Waals surface area (Å²) in [4.78, 5) is 16.4. The minimum absolute atomic E-state index is 0. The Morgan fingerprint density at radius 2 is 2.24 bits per heavy atom. The molecule has 1 aliphatic carbocycles. The van der Waals surface area contributed by atoms with Crippen LogP contribution in [0.5, 0.6) is 0 Å². The van der Waals surface area contributed by atoms with Gasteiger partial charge in [0.15, 0.2) is 0 Å². The topological polar surface area (TPSA) is 72.9 Å². The van der Waals surface area contributed by atoms with E-state index in [9.17, 15) is 4.79 Å². The summed E-state index contributed by atoms with van der Waals surface area (Å²) in [7, 11) is 0. The fourth-order valence-electron chi connectivity index (χ4n) is 2.85. The molecule has 21 heavy (non-hydrogen) atoms. The van der Waals surface area contributed by atoms with Gasteiger partial charge >= 0.3 is 0 Å². The van der Waals surface area contributed by atoms with Crippen LogP contribution in [0.4, 0.5) is 0 Å². The van der Waals surface area contributed by atoms with E-state index >= 15 is 0 Å². The maximum atomic E-state index is 12.2. The Kier molecular flexibility index (Phi) is 8.29. The summed E-state index contributed by atoms with van der Waals surface area (Å²) in [5, 5.41) is 3.01. The summed E-state index contributed by atoms with van der Waals surface area (Å²) < 4.78 is 2.03. The van der Waals surface area contributed by atoms with Crippen molar-refractivity contribution >= 4 is 30.7 Å². The van der Waals surface area contributed by atoms with Gasteiger partial charge in [-0.25, -0.2) is 4.98 Å². The van der Waals surface area contributed by atoms with Crippen LogP contribution in [-0.4, -0.2) is 27.5 Å². The standard InChI is InChI=1S/C14H24N4O.2ClH/c1-11-16-7-9-18(11)10-8-17-13(19)12-5-3-4-6-14(12,2)15;;/h7,9,12H,3-6,8,10,15H2,1-2H3,(H,17,19);2*1H. The number of hydrogen-bond acceptors (Lipinski definition) is 3. The number of nitrogens with zero attached hydrogens (tertiary/aromatic N) is 2. The number of aromatic nitrogens is 2. The van der Waals surface area contributed by atoms with Gasteiger partial charge < -0.3 is 15.6 Å². The molecular weight excluding hydrogens is 311 g/mol. The van der Waals surface area contributed by atoms with E-state index in [-0.39, 0.29) is 42.2 Å². The number of halogens is 2. The molecule has 2 atom stereocenters. The van der Waals surface area contributed by atoms with Crippen LogP contribution in [0.2, 0.25) is 0 Å². The molecule has 0 saturated heterocycles. The van der Waals surface area contributed by atoms with E-state index in [2.05, 4.69) is 10.3 Å². The van der Waals surface area contributed by atoms with Gasteiger partial charge in [-0.1, -0.05) is 12.8 Å². The van der Waals surface area contributed by atoms with Crippen LogP contribution in [0.15, 0.2) is 12.4 Å². The number of nitrogens with two attached hydrogens (primary N) is 1. The smallest absolute Gasteiger partial charge is 0.225 e. The Labute approximate surface area is 138 Å². The minimum atomic E-state index is -0.354. The fourth-order valence-corrected chi connectivity index (χ4v) is 2.85. The molecule has 1 amide bonds. The molecule has 7 heteroatoms. The quantitative estimate of drug-likeness (QED) is 0.883. The van der Waals surface area contributed by atoms with Gasteiger partial charge in [0.1, 0.15) is 5.82 Å². The third-order valence-electron chi connectivity index (χ3n) is 4.15. The van der Waals surface area contributed by atoms with E-state index in [0.717, 1.165) is 38.1 Å². The van der Waals surface area contributed by atoms with Crippen molar-refractivity contribution in [2.75, 3.05) is 6.54 Å². The summed E-state index contributed by atoms with van der Waals surface area (Å²) in [6.45, 7) is 5.34. The van der Waals surface area contributed by atoms with Gasteiger partial charge in [0.25, 0.3) is 0 Å². The van der Waals surface area contributed by atoms with E-state index in [1.165, 1.54) is 0 Å². The maximum Gasteiger partial charge on any atom is 0.225 e. The second-order valence-corrected chi connectivity index (χ2v) is 5.76. The summed E-state index contributed by atoms with van der Waals surface area (Å²) >= 11 is 0. The number of nitrogens with one attached hydrogen (secondary N) is 1. The molecule has 1 aliphatic rings. The van der Waals surface area contributed by atoms with Crippen LogP contribution < -0.4 is 11.1 Å². The molecule has 0 radical (unpaired) electrons. The molecular formula is C14H26Cl2N4O. The zero-order valence-electron chi connectivity index (χ0n) is 12.7. The Hall–Kier alpha value is -0.780. The highest BCUT2D eigenvalue weighted by Gasteiger charge is 2.37. The molecule has 1 aromatic heterocycles. The van der Waals surface area contributed by atoms with E-state index in [0.29, 0.717) is 6.54 Å².